The molecule has 1 aliphatic rings. The highest BCUT2D eigenvalue weighted by Gasteiger charge is 2.27. The van der Waals surface area contributed by atoms with Crippen LogP contribution < -0.4 is 4.90 Å². The molecule has 2 aromatic carbocycles. The van der Waals surface area contributed by atoms with E-state index in [1.165, 1.54) is 6.07 Å². The van der Waals surface area contributed by atoms with Crippen molar-refractivity contribution in [2.45, 2.75) is 13.0 Å². The van der Waals surface area contributed by atoms with Crippen molar-refractivity contribution in [3.05, 3.63) is 90.4 Å². The van der Waals surface area contributed by atoms with Crippen molar-refractivity contribution < 1.29 is 9.18 Å². The summed E-state index contributed by atoms with van der Waals surface area (Å²) in [6.07, 6.45) is 7.82. The molecule has 5 aromatic rings. The maximum absolute atomic E-state index is 15.5. The zero-order valence-electron chi connectivity index (χ0n) is 20.9. The van der Waals surface area contributed by atoms with E-state index >= 15 is 4.39 Å². The van der Waals surface area contributed by atoms with Gasteiger partial charge in [0.1, 0.15) is 23.9 Å². The number of carbonyl (C=O) groups is 1. The number of nitrogens with zero attached hydrogens (tertiary/aromatic N) is 6. The summed E-state index contributed by atoms with van der Waals surface area (Å²) in [5.74, 6) is 6.00. The number of fused-ring (bicyclic) bond motifs is 3. The summed E-state index contributed by atoms with van der Waals surface area (Å²) in [6, 6.07) is 14.6. The van der Waals surface area contributed by atoms with E-state index in [0.717, 1.165) is 46.9 Å². The predicted octanol–water partition coefficient (Wildman–Crippen LogP) is 4.22. The zero-order chi connectivity index (χ0) is 26.1. The average molecular weight is 505 g/mol. The highest BCUT2D eigenvalue weighted by atomic mass is 19.1. The Balaban J connectivity index is 1.37. The minimum atomic E-state index is -0.333. The molecule has 0 amide bonds. The van der Waals surface area contributed by atoms with Crippen LogP contribution in [0.4, 0.5) is 10.1 Å². The Morgan fingerprint density at radius 1 is 1.03 bits per heavy atom. The van der Waals surface area contributed by atoms with E-state index in [0.29, 0.717) is 30.0 Å². The Morgan fingerprint density at radius 3 is 2.71 bits per heavy atom. The molecule has 4 heterocycles. The smallest absolute Gasteiger partial charge is 0.148 e. The van der Waals surface area contributed by atoms with Gasteiger partial charge in [-0.25, -0.2) is 9.37 Å². The number of carbonyl (C=O) groups excluding carboxylic acids is 1. The van der Waals surface area contributed by atoms with E-state index in [2.05, 4.69) is 31.7 Å². The highest BCUT2D eigenvalue weighted by molar-refractivity contribution is 6.03. The number of benzene rings is 2. The van der Waals surface area contributed by atoms with Crippen molar-refractivity contribution in [3.8, 4) is 17.5 Å². The molecule has 188 valence electrons. The molecule has 38 heavy (non-hydrogen) atoms. The summed E-state index contributed by atoms with van der Waals surface area (Å²) >= 11 is 0. The molecule has 0 radical (unpaired) electrons. The van der Waals surface area contributed by atoms with Gasteiger partial charge in [-0.1, -0.05) is 18.8 Å². The van der Waals surface area contributed by atoms with Crippen LogP contribution in [0.25, 0.3) is 27.6 Å². The Hall–Kier alpha value is -4.61. The Kier molecular flexibility index (Phi) is 6.28. The number of aromatic nitrogens is 4. The summed E-state index contributed by atoms with van der Waals surface area (Å²) < 4.78 is 17.3. The van der Waals surface area contributed by atoms with Crippen LogP contribution in [0.3, 0.4) is 0 Å². The fourth-order valence-electron chi connectivity index (χ4n) is 5.04. The largest absolute Gasteiger partial charge is 0.366 e. The molecule has 0 bridgehead atoms. The number of likely N-dealkylation sites (N-methyl/N-ethyl adjacent to an activating group) is 1. The van der Waals surface area contributed by atoms with E-state index in [-0.39, 0.29) is 11.9 Å². The van der Waals surface area contributed by atoms with Gasteiger partial charge < -0.3 is 9.69 Å². The van der Waals surface area contributed by atoms with Crippen LogP contribution in [0.5, 0.6) is 0 Å². The quantitative estimate of drug-likeness (QED) is 0.270. The van der Waals surface area contributed by atoms with Crippen molar-refractivity contribution in [1.29, 1.82) is 0 Å². The fourth-order valence-corrected chi connectivity index (χ4v) is 5.04. The number of hydrogen-bond acceptors (Lipinski definition) is 6. The lowest BCUT2D eigenvalue weighted by Gasteiger charge is -2.39. The number of piperazine rings is 1. The Bertz CT molecular complexity index is 1700. The predicted molar refractivity (Wildman–Crippen MR) is 146 cm³/mol. The van der Waals surface area contributed by atoms with E-state index in [9.17, 15) is 4.79 Å². The van der Waals surface area contributed by atoms with Crippen LogP contribution in [0.2, 0.25) is 0 Å². The maximum Gasteiger partial charge on any atom is 0.148 e. The molecule has 1 saturated heterocycles. The topological polar surface area (TPSA) is 67.2 Å². The molecule has 3 aromatic heterocycles. The van der Waals surface area contributed by atoms with Gasteiger partial charge >= 0.3 is 0 Å². The molecule has 0 spiro atoms. The molecule has 7 nitrogen and oxygen atoms in total. The van der Waals surface area contributed by atoms with Crippen molar-refractivity contribution >= 4 is 33.9 Å². The summed E-state index contributed by atoms with van der Waals surface area (Å²) in [6.45, 7) is 4.69. The van der Waals surface area contributed by atoms with Crippen molar-refractivity contribution in [3.63, 3.8) is 0 Å². The molecule has 0 saturated carbocycles. The minimum Gasteiger partial charge on any atom is -0.366 e. The van der Waals surface area contributed by atoms with E-state index in [4.69, 9.17) is 0 Å². The first-order valence-corrected chi connectivity index (χ1v) is 12.6. The minimum absolute atomic E-state index is 0.236. The third-order valence-corrected chi connectivity index (χ3v) is 7.03. The molecule has 1 atom stereocenters. The van der Waals surface area contributed by atoms with Crippen LogP contribution in [0.15, 0.2) is 73.4 Å². The highest BCUT2D eigenvalue weighted by Crippen LogP contribution is 2.29. The SMILES string of the molecule is CCN1CCN(c2ccc(-n3cnc4cnc5ccc(C#Cc6cccnc6)cc5c43)cc2F)CC1C=O. The molecule has 1 aliphatic heterocycles. The van der Waals surface area contributed by atoms with Crippen LogP contribution >= 0.6 is 0 Å². The maximum atomic E-state index is 15.5. The number of imidazole rings is 1. The summed E-state index contributed by atoms with van der Waals surface area (Å²) in [5.41, 5.74) is 5.18. The second kappa shape index (κ2) is 10.0. The molecule has 0 aliphatic carbocycles. The van der Waals surface area contributed by atoms with E-state index in [1.54, 1.807) is 31.0 Å². The molecule has 1 unspecified atom stereocenters. The van der Waals surface area contributed by atoms with Gasteiger partial charge in [-0.2, -0.15) is 0 Å². The second-order valence-corrected chi connectivity index (χ2v) is 9.24. The number of halogens is 1. The second-order valence-electron chi connectivity index (χ2n) is 9.24. The van der Waals surface area contributed by atoms with Crippen LogP contribution in [0.1, 0.15) is 18.1 Å². The molecule has 1 fully saturated rings. The molecular weight excluding hydrogens is 479 g/mol. The fraction of sp³-hybridized carbons (Fsp3) is 0.200. The van der Waals surface area contributed by atoms with Gasteiger partial charge in [0.2, 0.25) is 0 Å². The number of anilines is 1. The van der Waals surface area contributed by atoms with Gasteiger partial charge in [0.15, 0.2) is 0 Å². The average Bonchev–Trinajstić information content (AvgIpc) is 3.41. The first-order valence-electron chi connectivity index (χ1n) is 12.6. The molecule has 6 rings (SSSR count). The lowest BCUT2D eigenvalue weighted by molar-refractivity contribution is -0.112. The van der Waals surface area contributed by atoms with Gasteiger partial charge in [0, 0.05) is 54.6 Å². The number of pyridine rings is 2. The monoisotopic (exact) mass is 504 g/mol. The van der Waals surface area contributed by atoms with Crippen molar-refractivity contribution in [2.75, 3.05) is 31.1 Å². The Labute approximate surface area is 219 Å². The number of rotatable bonds is 4. The standard InChI is InChI=1S/C30H25FN6O/c1-2-35-12-13-36(18-24(35)19-38)29-10-8-23(15-26(29)31)37-20-34-28-17-33-27-9-7-21(14-25(27)30(28)37)5-6-22-4-3-11-32-16-22/h3-4,7-11,14-17,19-20,24H,2,12-13,18H2,1H3. The van der Waals surface area contributed by atoms with Gasteiger partial charge in [-0.3, -0.25) is 19.4 Å². The van der Waals surface area contributed by atoms with Gasteiger partial charge in [-0.15, -0.1) is 0 Å². The lowest BCUT2D eigenvalue weighted by atomic mass is 10.1. The number of hydrogen-bond donors (Lipinski definition) is 0. The Morgan fingerprint density at radius 2 is 1.92 bits per heavy atom. The summed E-state index contributed by atoms with van der Waals surface area (Å²) in [7, 11) is 0. The first kappa shape index (κ1) is 23.8. The van der Waals surface area contributed by atoms with Crippen LogP contribution in [-0.4, -0.2) is 62.9 Å². The van der Waals surface area contributed by atoms with Crippen molar-refractivity contribution in [1.82, 2.24) is 24.4 Å². The van der Waals surface area contributed by atoms with Crippen LogP contribution in [-0.2, 0) is 4.79 Å². The van der Waals surface area contributed by atoms with Crippen LogP contribution in [0, 0.1) is 17.7 Å². The summed E-state index contributed by atoms with van der Waals surface area (Å²) in [5, 5.41) is 0.881. The zero-order valence-corrected chi connectivity index (χ0v) is 20.9. The van der Waals surface area contributed by atoms with Crippen molar-refractivity contribution in [2.24, 2.45) is 0 Å². The number of aldehydes is 1. The lowest BCUT2D eigenvalue weighted by Crippen LogP contribution is -2.54. The molecule has 0 N–H and O–H groups in total. The molecular formula is C30H25FN6O. The van der Waals surface area contributed by atoms with Gasteiger partial charge in [0.25, 0.3) is 0 Å². The third kappa shape index (κ3) is 4.38. The molecule has 8 heteroatoms. The normalized spacial score (nSPS) is 15.9. The third-order valence-electron chi connectivity index (χ3n) is 7.03. The van der Waals surface area contributed by atoms with E-state index in [1.807, 2.05) is 52.8 Å². The van der Waals surface area contributed by atoms with Gasteiger partial charge in [0.05, 0.1) is 34.6 Å². The summed E-state index contributed by atoms with van der Waals surface area (Å²) in [4.78, 5) is 28.8. The van der Waals surface area contributed by atoms with Gasteiger partial charge in [-0.05, 0) is 49.0 Å². The van der Waals surface area contributed by atoms with E-state index < -0.39 is 0 Å². The first-order chi connectivity index (χ1) is 18.6.